The Morgan fingerprint density at radius 2 is 1.09 bits per heavy atom. The van der Waals surface area contributed by atoms with Crippen LogP contribution in [0.5, 0.6) is 0 Å². The minimum absolute atomic E-state index is 0.328. The minimum atomic E-state index is -2.22. The van der Waals surface area contributed by atoms with E-state index in [2.05, 4.69) is 89.2 Å². The maximum Gasteiger partial charge on any atom is 0.397 e. The van der Waals surface area contributed by atoms with Crippen LogP contribution in [0.15, 0.2) is 0 Å². The smallest absolute Gasteiger partial charge is 0.358 e. The normalized spacial score (nSPS) is 13.8. The van der Waals surface area contributed by atoms with E-state index in [0.29, 0.717) is 24.2 Å². The topological polar surface area (TPSA) is 42.9 Å². The summed E-state index contributed by atoms with van der Waals surface area (Å²) in [5, 5.41) is 0.929. The zero-order valence-corrected chi connectivity index (χ0v) is 19.8. The Bertz CT molecular complexity index is 404. The molecular weight excluding hydrogens is 339 g/mol. The number of rotatable bonds is 8. The van der Waals surface area contributed by atoms with Crippen molar-refractivity contribution >= 4 is 32.2 Å². The monoisotopic (exact) mass is 377 g/mol. The third-order valence-corrected chi connectivity index (χ3v) is 14.4. The lowest BCUT2D eigenvalue weighted by molar-refractivity contribution is 0.00177. The second-order valence-electron chi connectivity index (χ2n) is 8.38. The van der Waals surface area contributed by atoms with Crippen molar-refractivity contribution in [1.29, 1.82) is 0 Å². The zero-order chi connectivity index (χ0) is 18.7. The molecule has 0 unspecified atom stereocenters. The predicted octanol–water partition coefficient (Wildman–Crippen LogP) is 5.42. The van der Waals surface area contributed by atoms with Crippen LogP contribution in [0.3, 0.4) is 0 Å². The molecule has 0 spiro atoms. The Labute approximate surface area is 151 Å². The van der Waals surface area contributed by atoms with Gasteiger partial charge in [0.25, 0.3) is 0 Å². The molecule has 0 bridgehead atoms. The standard InChI is InChI=1S/C16H38N4PSSi/c1-12(2)19(13(3)4)21(22,16(18-17)23(9,10)11)20(14(5)6)15(7)8/h12-15,22H,1-11H3/q+1. The molecule has 0 fully saturated rings. The zero-order valence-electron chi connectivity index (χ0n) is 17.0. The summed E-state index contributed by atoms with van der Waals surface area (Å²) in [7, 11) is -1.84. The van der Waals surface area contributed by atoms with Crippen molar-refractivity contribution in [2.24, 2.45) is 0 Å². The molecule has 0 radical (unpaired) electrons. The highest BCUT2D eigenvalue weighted by molar-refractivity contribution is 8.58. The van der Waals surface area contributed by atoms with Gasteiger partial charge >= 0.3 is 11.8 Å². The van der Waals surface area contributed by atoms with E-state index in [1.807, 2.05) is 0 Å². The average molecular weight is 378 g/mol. The molecule has 0 aliphatic heterocycles. The molecule has 7 heteroatoms. The van der Waals surface area contributed by atoms with Gasteiger partial charge in [-0.2, -0.15) is 0 Å². The molecule has 0 N–H and O–H groups in total. The molecule has 0 aliphatic carbocycles. The van der Waals surface area contributed by atoms with Gasteiger partial charge in [0.15, 0.2) is 0 Å². The summed E-state index contributed by atoms with van der Waals surface area (Å²) in [6, 6.07) is 1.31. The van der Waals surface area contributed by atoms with Crippen molar-refractivity contribution in [1.82, 2.24) is 9.34 Å². The number of hydrogen-bond donors (Lipinski definition) is 1. The lowest BCUT2D eigenvalue weighted by Crippen LogP contribution is -2.53. The Morgan fingerprint density at radius 3 is 1.22 bits per heavy atom. The van der Waals surface area contributed by atoms with Crippen molar-refractivity contribution in [3.63, 3.8) is 0 Å². The molecular formula is C16H38N4PSSi+. The molecule has 0 saturated heterocycles. The molecule has 0 aromatic heterocycles. The van der Waals surface area contributed by atoms with Gasteiger partial charge in [0, 0.05) is 24.2 Å². The summed E-state index contributed by atoms with van der Waals surface area (Å²) >= 11 is 5.34. The molecule has 0 rings (SSSR count). The van der Waals surface area contributed by atoms with Gasteiger partial charge in [-0.3, -0.25) is 0 Å². The van der Waals surface area contributed by atoms with E-state index in [1.165, 1.54) is 0 Å². The summed E-state index contributed by atoms with van der Waals surface area (Å²) < 4.78 is 4.95. The molecule has 4 nitrogen and oxygen atoms in total. The van der Waals surface area contributed by atoms with E-state index < -0.39 is 14.8 Å². The first-order valence-electron chi connectivity index (χ1n) is 8.65. The van der Waals surface area contributed by atoms with Gasteiger partial charge in [0.1, 0.15) is 0 Å². The lowest BCUT2D eigenvalue weighted by Gasteiger charge is -2.44. The first kappa shape index (κ1) is 23.3. The molecule has 0 aromatic carbocycles. The van der Waals surface area contributed by atoms with Gasteiger partial charge in [0.05, 0.1) is 12.2 Å². The van der Waals surface area contributed by atoms with E-state index in [1.54, 1.807) is 0 Å². The Balaban J connectivity index is 6.67. The highest BCUT2D eigenvalue weighted by atomic mass is 32.7. The maximum atomic E-state index is 9.97. The van der Waals surface area contributed by atoms with Crippen molar-refractivity contribution in [2.75, 3.05) is 0 Å². The van der Waals surface area contributed by atoms with Crippen molar-refractivity contribution < 1.29 is 4.79 Å². The number of thiol groups is 1. The molecule has 136 valence electrons. The van der Waals surface area contributed by atoms with Crippen LogP contribution >= 0.6 is 19.0 Å². The first-order chi connectivity index (χ1) is 10.2. The Hall–Kier alpha value is 0.297. The van der Waals surface area contributed by atoms with Crippen LogP contribution in [0.4, 0.5) is 0 Å². The molecule has 0 amide bonds. The molecule has 0 aliphatic rings. The van der Waals surface area contributed by atoms with E-state index in [9.17, 15) is 5.53 Å². The number of nitrogens with zero attached hydrogens (tertiary/aromatic N) is 4. The Kier molecular flexibility index (Phi) is 8.71. The van der Waals surface area contributed by atoms with Crippen molar-refractivity contribution in [2.45, 2.75) is 99.2 Å². The largest absolute Gasteiger partial charge is 0.397 e. The second kappa shape index (κ2) is 8.60. The SMILES string of the molecule is CC(C)N(C(C)C)[P+](S)(C(=[N+]=[N-])[Si](C)(C)C)N(C(C)C)C(C)C. The van der Waals surface area contributed by atoms with Gasteiger partial charge < -0.3 is 5.53 Å². The molecule has 0 heterocycles. The molecule has 0 saturated carbocycles. The van der Waals surface area contributed by atoms with Crippen LogP contribution in [0.2, 0.25) is 19.6 Å². The predicted molar refractivity (Wildman–Crippen MR) is 112 cm³/mol. The minimum Gasteiger partial charge on any atom is -0.358 e. The van der Waals surface area contributed by atoms with Gasteiger partial charge in [-0.05, 0) is 55.4 Å². The average Bonchev–Trinajstić information content (AvgIpc) is 2.23. The molecule has 0 atom stereocenters. The van der Waals surface area contributed by atoms with Crippen molar-refractivity contribution in [3.05, 3.63) is 5.53 Å². The van der Waals surface area contributed by atoms with Crippen LogP contribution < -0.4 is 0 Å². The van der Waals surface area contributed by atoms with Crippen molar-refractivity contribution in [3.8, 4) is 0 Å². The van der Waals surface area contributed by atoms with Gasteiger partial charge in [0.2, 0.25) is 8.07 Å². The van der Waals surface area contributed by atoms with Gasteiger partial charge in [-0.25, -0.2) is 0 Å². The van der Waals surface area contributed by atoms with Crippen LogP contribution in [-0.4, -0.2) is 51.4 Å². The molecule has 23 heavy (non-hydrogen) atoms. The quantitative estimate of drug-likeness (QED) is 0.153. The maximum absolute atomic E-state index is 9.97. The van der Waals surface area contributed by atoms with Crippen LogP contribution in [0, 0.1) is 0 Å². The van der Waals surface area contributed by atoms with E-state index in [-0.39, 0.29) is 0 Å². The lowest BCUT2D eigenvalue weighted by atomic mass is 10.3. The highest BCUT2D eigenvalue weighted by Crippen LogP contribution is 2.73. The fraction of sp³-hybridized carbons (Fsp3) is 0.938. The molecule has 0 aromatic rings. The van der Waals surface area contributed by atoms with Crippen LogP contribution in [0.1, 0.15) is 55.4 Å². The van der Waals surface area contributed by atoms with Crippen LogP contribution in [0.25, 0.3) is 5.53 Å². The third-order valence-electron chi connectivity index (χ3n) is 3.81. The summed E-state index contributed by atoms with van der Waals surface area (Å²) in [6.07, 6.45) is 0. The van der Waals surface area contributed by atoms with E-state index >= 15 is 0 Å². The highest BCUT2D eigenvalue weighted by Gasteiger charge is 2.66. The second-order valence-corrected chi connectivity index (χ2v) is 17.9. The first-order valence-corrected chi connectivity index (χ1v) is 15.0. The van der Waals surface area contributed by atoms with Gasteiger partial charge in [-0.15, -0.1) is 14.1 Å². The van der Waals surface area contributed by atoms with Gasteiger partial charge in [-0.1, -0.05) is 19.6 Å². The summed E-state index contributed by atoms with van der Waals surface area (Å²) in [5.41, 5.74) is 9.97. The summed E-state index contributed by atoms with van der Waals surface area (Å²) in [4.78, 5) is 3.87. The Morgan fingerprint density at radius 1 is 0.826 bits per heavy atom. The van der Waals surface area contributed by atoms with E-state index in [4.69, 9.17) is 12.2 Å². The fourth-order valence-corrected chi connectivity index (χ4v) is 16.7. The van der Waals surface area contributed by atoms with E-state index in [0.717, 1.165) is 5.08 Å². The fourth-order valence-electron chi connectivity index (χ4n) is 3.48. The van der Waals surface area contributed by atoms with Crippen LogP contribution in [-0.2, 0) is 0 Å². The third kappa shape index (κ3) is 5.13. The summed E-state index contributed by atoms with van der Waals surface area (Å²) in [6.45, 7) is 22.2. The summed E-state index contributed by atoms with van der Waals surface area (Å²) in [5.74, 6) is 0. The number of hydrogen-bond acceptors (Lipinski definition) is 3.